The Morgan fingerprint density at radius 2 is 1.82 bits per heavy atom. The average Bonchev–Trinajstić information content (AvgIpc) is 3.34. The van der Waals surface area contributed by atoms with Crippen LogP contribution in [-0.4, -0.2) is 52.8 Å². The molecule has 0 saturated carbocycles. The first kappa shape index (κ1) is 21.8. The quantitative estimate of drug-likeness (QED) is 0.474. The Bertz CT molecular complexity index is 1310. The molecule has 0 aliphatic carbocycles. The van der Waals surface area contributed by atoms with Gasteiger partial charge in [0.25, 0.3) is 5.91 Å². The predicted octanol–water partition coefficient (Wildman–Crippen LogP) is 4.27. The van der Waals surface area contributed by atoms with Gasteiger partial charge in [0.15, 0.2) is 0 Å². The van der Waals surface area contributed by atoms with Gasteiger partial charge < -0.3 is 19.5 Å². The van der Waals surface area contributed by atoms with Crippen LogP contribution in [-0.2, 0) is 17.8 Å². The Kier molecular flexibility index (Phi) is 6.04. The van der Waals surface area contributed by atoms with Crippen molar-refractivity contribution in [1.29, 1.82) is 0 Å². The Balaban J connectivity index is 1.41. The largest absolute Gasteiger partial charge is 0.497 e. The maximum absolute atomic E-state index is 13.4. The maximum atomic E-state index is 13.4. The highest BCUT2D eigenvalue weighted by atomic mass is 16.5. The molecule has 0 bridgehead atoms. The number of aromatic nitrogens is 1. The normalized spacial score (nSPS) is 16.1. The third-order valence-electron chi connectivity index (χ3n) is 6.41. The summed E-state index contributed by atoms with van der Waals surface area (Å²) in [7, 11) is 1.64. The van der Waals surface area contributed by atoms with Gasteiger partial charge in [-0.05, 0) is 53.3 Å². The highest BCUT2D eigenvalue weighted by Gasteiger charge is 2.35. The van der Waals surface area contributed by atoms with E-state index >= 15 is 0 Å². The molecule has 3 aromatic carbocycles. The lowest BCUT2D eigenvalue weighted by atomic mass is 10.00. The molecule has 4 aromatic rings. The first-order chi connectivity index (χ1) is 16.6. The Morgan fingerprint density at radius 1 is 1.00 bits per heavy atom. The summed E-state index contributed by atoms with van der Waals surface area (Å²) in [5.74, 6) is 0.589. The number of nitrogens with zero attached hydrogens (tertiary/aromatic N) is 2. The lowest BCUT2D eigenvalue weighted by Crippen LogP contribution is -2.58. The smallest absolute Gasteiger partial charge is 0.254 e. The first-order valence-electron chi connectivity index (χ1n) is 11.4. The van der Waals surface area contributed by atoms with E-state index in [1.165, 1.54) is 0 Å². The summed E-state index contributed by atoms with van der Waals surface area (Å²) in [4.78, 5) is 33.5. The van der Waals surface area contributed by atoms with Crippen LogP contribution in [0.25, 0.3) is 10.9 Å². The summed E-state index contributed by atoms with van der Waals surface area (Å²) in [5.41, 5.74) is 3.64. The Hall–Kier alpha value is -4.06. The molecule has 6 nitrogen and oxygen atoms in total. The summed E-state index contributed by atoms with van der Waals surface area (Å²) < 4.78 is 5.36. The van der Waals surface area contributed by atoms with Crippen LogP contribution in [0, 0.1) is 0 Å². The van der Waals surface area contributed by atoms with Crippen LogP contribution in [0.4, 0.5) is 0 Å². The molecule has 1 atom stereocenters. The zero-order valence-electron chi connectivity index (χ0n) is 19.1. The number of H-pyrrole nitrogens is 1. The van der Waals surface area contributed by atoms with E-state index in [1.54, 1.807) is 12.0 Å². The molecule has 0 radical (unpaired) electrons. The molecule has 6 heteroatoms. The molecule has 0 spiro atoms. The highest BCUT2D eigenvalue weighted by Crippen LogP contribution is 2.23. The number of aromatic amines is 1. The van der Waals surface area contributed by atoms with Crippen molar-refractivity contribution in [1.82, 2.24) is 14.8 Å². The number of hydrogen-bond acceptors (Lipinski definition) is 3. The first-order valence-corrected chi connectivity index (χ1v) is 11.4. The minimum absolute atomic E-state index is 0.0516. The molecule has 34 heavy (non-hydrogen) atoms. The van der Waals surface area contributed by atoms with Crippen molar-refractivity contribution >= 4 is 22.7 Å². The zero-order valence-corrected chi connectivity index (χ0v) is 19.1. The number of piperazine rings is 1. The third kappa shape index (κ3) is 4.53. The van der Waals surface area contributed by atoms with Crippen LogP contribution in [0.3, 0.4) is 0 Å². The fraction of sp³-hybridized carbons (Fsp3) is 0.214. The van der Waals surface area contributed by atoms with Crippen molar-refractivity contribution in [2.24, 2.45) is 0 Å². The van der Waals surface area contributed by atoms with Gasteiger partial charge in [0.1, 0.15) is 12.3 Å². The van der Waals surface area contributed by atoms with E-state index in [0.717, 1.165) is 27.8 Å². The van der Waals surface area contributed by atoms with Gasteiger partial charge in [-0.15, -0.1) is 0 Å². The van der Waals surface area contributed by atoms with E-state index in [0.29, 0.717) is 25.1 Å². The number of methoxy groups -OCH3 is 1. The van der Waals surface area contributed by atoms with Crippen LogP contribution in [0.2, 0.25) is 0 Å². The molecule has 1 saturated heterocycles. The highest BCUT2D eigenvalue weighted by molar-refractivity contribution is 6.00. The number of ether oxygens (including phenoxy) is 1. The number of nitrogens with one attached hydrogen (secondary N) is 1. The van der Waals surface area contributed by atoms with Crippen LogP contribution in [0.1, 0.15) is 21.5 Å². The second-order valence-electron chi connectivity index (χ2n) is 8.68. The molecular formula is C28H27N3O3. The number of fused-ring (bicyclic) bond motifs is 1. The summed E-state index contributed by atoms with van der Waals surface area (Å²) in [6, 6.07) is 25.4. The Morgan fingerprint density at radius 3 is 2.65 bits per heavy atom. The van der Waals surface area contributed by atoms with E-state index in [-0.39, 0.29) is 24.4 Å². The molecule has 1 aromatic heterocycles. The SMILES string of the molecule is COc1cccc(CN2C(=O)CN(C(=O)c3ccc4cc[nH]c4c3)C[C@@H]2Cc2ccccc2)c1. The van der Waals surface area contributed by atoms with Gasteiger partial charge in [-0.3, -0.25) is 9.59 Å². The average molecular weight is 454 g/mol. The third-order valence-corrected chi connectivity index (χ3v) is 6.41. The van der Waals surface area contributed by atoms with Crippen molar-refractivity contribution in [3.8, 4) is 5.75 Å². The van der Waals surface area contributed by atoms with Gasteiger partial charge in [0.05, 0.1) is 13.2 Å². The molecule has 1 aliphatic rings. The van der Waals surface area contributed by atoms with Gasteiger partial charge in [-0.25, -0.2) is 0 Å². The number of carbonyl (C=O) groups excluding carboxylic acids is 2. The number of amides is 2. The van der Waals surface area contributed by atoms with Crippen molar-refractivity contribution in [3.05, 3.63) is 102 Å². The lowest BCUT2D eigenvalue weighted by molar-refractivity contribution is -0.139. The fourth-order valence-corrected chi connectivity index (χ4v) is 4.64. The molecule has 5 rings (SSSR count). The van der Waals surface area contributed by atoms with Crippen molar-refractivity contribution < 1.29 is 14.3 Å². The number of carbonyl (C=O) groups is 2. The molecule has 2 amide bonds. The summed E-state index contributed by atoms with van der Waals surface area (Å²) >= 11 is 0. The second-order valence-corrected chi connectivity index (χ2v) is 8.68. The van der Waals surface area contributed by atoms with E-state index in [1.807, 2.05) is 77.8 Å². The van der Waals surface area contributed by atoms with Gasteiger partial charge in [0, 0.05) is 30.4 Å². The summed E-state index contributed by atoms with van der Waals surface area (Å²) in [6.45, 7) is 1.02. The minimum Gasteiger partial charge on any atom is -0.497 e. The van der Waals surface area contributed by atoms with Gasteiger partial charge in [-0.2, -0.15) is 0 Å². The van der Waals surface area contributed by atoms with E-state index in [2.05, 4.69) is 17.1 Å². The summed E-state index contributed by atoms with van der Waals surface area (Å²) in [5, 5.41) is 1.05. The fourth-order valence-electron chi connectivity index (χ4n) is 4.64. The minimum atomic E-state index is -0.131. The lowest BCUT2D eigenvalue weighted by Gasteiger charge is -2.41. The van der Waals surface area contributed by atoms with Gasteiger partial charge in [0.2, 0.25) is 5.91 Å². The molecule has 1 aliphatic heterocycles. The molecular weight excluding hydrogens is 426 g/mol. The van der Waals surface area contributed by atoms with E-state index in [9.17, 15) is 9.59 Å². The van der Waals surface area contributed by atoms with Gasteiger partial charge >= 0.3 is 0 Å². The molecule has 2 heterocycles. The van der Waals surface area contributed by atoms with Gasteiger partial charge in [-0.1, -0.05) is 48.5 Å². The van der Waals surface area contributed by atoms with Crippen LogP contribution < -0.4 is 4.74 Å². The van der Waals surface area contributed by atoms with E-state index in [4.69, 9.17) is 4.74 Å². The maximum Gasteiger partial charge on any atom is 0.254 e. The Labute approximate surface area is 198 Å². The molecule has 0 unspecified atom stereocenters. The second kappa shape index (κ2) is 9.43. The van der Waals surface area contributed by atoms with Crippen molar-refractivity contribution in [2.45, 2.75) is 19.0 Å². The predicted molar refractivity (Wildman–Crippen MR) is 132 cm³/mol. The van der Waals surface area contributed by atoms with Crippen molar-refractivity contribution in [2.75, 3.05) is 20.2 Å². The summed E-state index contributed by atoms with van der Waals surface area (Å²) in [6.07, 6.45) is 2.53. The molecule has 172 valence electrons. The van der Waals surface area contributed by atoms with Crippen molar-refractivity contribution in [3.63, 3.8) is 0 Å². The van der Waals surface area contributed by atoms with Crippen LogP contribution in [0.15, 0.2) is 85.1 Å². The number of rotatable bonds is 6. The van der Waals surface area contributed by atoms with E-state index < -0.39 is 0 Å². The monoisotopic (exact) mass is 453 g/mol. The number of hydrogen-bond donors (Lipinski definition) is 1. The van der Waals surface area contributed by atoms with Crippen LogP contribution in [0.5, 0.6) is 5.75 Å². The topological polar surface area (TPSA) is 65.6 Å². The standard InChI is InChI=1S/C28H27N3O3/c1-34-25-9-5-8-21(15-25)17-31-24(14-20-6-3-2-4-7-20)18-30(19-27(31)32)28(33)23-11-10-22-12-13-29-26(22)16-23/h2-13,15-16,24,29H,14,17-19H2,1H3/t24-/m0/s1. The zero-order chi connectivity index (χ0) is 23.5. The molecule has 1 fully saturated rings. The number of benzene rings is 3. The van der Waals surface area contributed by atoms with Crippen LogP contribution >= 0.6 is 0 Å². The molecule has 1 N–H and O–H groups in total.